The maximum absolute atomic E-state index is 5.03. The molecule has 4 aromatic carbocycles. The van der Waals surface area contributed by atoms with E-state index < -0.39 is 0 Å². The van der Waals surface area contributed by atoms with Crippen LogP contribution in [0.4, 0.5) is 0 Å². The van der Waals surface area contributed by atoms with Gasteiger partial charge < -0.3 is 0 Å². The zero-order chi connectivity index (χ0) is 20.1. The molecule has 0 aliphatic heterocycles. The van der Waals surface area contributed by atoms with E-state index in [1.165, 1.54) is 32.7 Å². The molecule has 1 heterocycles. The lowest BCUT2D eigenvalue weighted by Crippen LogP contribution is -2.01. The van der Waals surface area contributed by atoms with Gasteiger partial charge in [-0.15, -0.1) is 0 Å². The molecule has 5 rings (SSSR count). The Hall–Kier alpha value is -3.26. The molecule has 5 aromatic rings. The number of hydrogen-bond acceptors (Lipinski definition) is 2. The lowest BCUT2D eigenvalue weighted by Gasteiger charge is -2.14. The topological polar surface area (TPSA) is 25.8 Å². The quantitative estimate of drug-likeness (QED) is 0.238. The Morgan fingerprint density at radius 2 is 1.34 bits per heavy atom. The van der Waals surface area contributed by atoms with E-state index in [0.29, 0.717) is 0 Å². The Kier molecular flexibility index (Phi) is 4.09. The van der Waals surface area contributed by atoms with Crippen LogP contribution in [-0.2, 0) is 0 Å². The number of aromatic nitrogens is 2. The predicted molar refractivity (Wildman–Crippen MR) is 124 cm³/mol. The van der Waals surface area contributed by atoms with Crippen molar-refractivity contribution in [2.24, 2.45) is 0 Å². The molecule has 2 nitrogen and oxygen atoms in total. The highest BCUT2D eigenvalue weighted by molar-refractivity contribution is 6.13. The van der Waals surface area contributed by atoms with Crippen molar-refractivity contribution in [2.75, 3.05) is 0 Å². The molecule has 0 amide bonds. The first-order chi connectivity index (χ1) is 14.0. The van der Waals surface area contributed by atoms with Crippen molar-refractivity contribution in [3.8, 4) is 11.3 Å². The number of hydrogen-bond donors (Lipinski definition) is 0. The Balaban J connectivity index is 1.92. The Morgan fingerprint density at radius 3 is 2.03 bits per heavy atom. The van der Waals surface area contributed by atoms with E-state index in [0.717, 1.165) is 28.0 Å². The lowest BCUT2D eigenvalue weighted by atomic mass is 9.97. The van der Waals surface area contributed by atoms with Gasteiger partial charge in [0.05, 0.1) is 11.2 Å². The van der Waals surface area contributed by atoms with Gasteiger partial charge in [-0.2, -0.15) is 0 Å². The van der Waals surface area contributed by atoms with Gasteiger partial charge >= 0.3 is 0 Å². The van der Waals surface area contributed by atoms with Crippen LogP contribution in [0.2, 0.25) is 0 Å². The Bertz CT molecular complexity index is 1380. The smallest absolute Gasteiger partial charge is 0.132 e. The first kappa shape index (κ1) is 17.8. The van der Waals surface area contributed by atoms with E-state index in [1.807, 2.05) is 0 Å². The molecule has 1 aromatic heterocycles. The summed E-state index contributed by atoms with van der Waals surface area (Å²) in [7, 11) is 0. The van der Waals surface area contributed by atoms with Crippen LogP contribution in [-0.4, -0.2) is 9.97 Å². The second kappa shape index (κ2) is 6.66. The highest BCUT2D eigenvalue weighted by Gasteiger charge is 2.15. The van der Waals surface area contributed by atoms with Gasteiger partial charge in [-0.25, -0.2) is 9.97 Å². The van der Waals surface area contributed by atoms with Crippen LogP contribution >= 0.6 is 0 Å². The van der Waals surface area contributed by atoms with Crippen molar-refractivity contribution < 1.29 is 0 Å². The highest BCUT2D eigenvalue weighted by atomic mass is 14.9. The van der Waals surface area contributed by atoms with Crippen molar-refractivity contribution in [1.82, 2.24) is 9.97 Å². The van der Waals surface area contributed by atoms with Crippen LogP contribution in [0.5, 0.6) is 0 Å². The van der Waals surface area contributed by atoms with E-state index in [9.17, 15) is 0 Å². The van der Waals surface area contributed by atoms with Crippen LogP contribution in [0.15, 0.2) is 66.7 Å². The summed E-state index contributed by atoms with van der Waals surface area (Å²) in [4.78, 5) is 10.0. The van der Waals surface area contributed by atoms with Crippen molar-refractivity contribution in [3.05, 3.63) is 83.7 Å². The molecule has 0 fully saturated rings. The van der Waals surface area contributed by atoms with E-state index in [-0.39, 0.29) is 5.92 Å². The standard InChI is InChI=1S/C27H24N2/c1-16(2)27-28-25(22-12-17(3)11-18(4)13-22)23-10-9-21-14-19-7-5-6-8-20(19)15-24(21)26(23)29-27/h5-16H,1-4H3. The van der Waals surface area contributed by atoms with Crippen LogP contribution in [0.3, 0.4) is 0 Å². The molecule has 29 heavy (non-hydrogen) atoms. The van der Waals surface area contributed by atoms with Crippen molar-refractivity contribution in [3.63, 3.8) is 0 Å². The number of nitrogens with zero attached hydrogens (tertiary/aromatic N) is 2. The average Bonchev–Trinajstić information content (AvgIpc) is 2.70. The summed E-state index contributed by atoms with van der Waals surface area (Å²) in [5.74, 6) is 1.16. The van der Waals surface area contributed by atoms with Gasteiger partial charge in [-0.3, -0.25) is 0 Å². The van der Waals surface area contributed by atoms with Crippen LogP contribution in [0.25, 0.3) is 43.7 Å². The third-order valence-electron chi connectivity index (χ3n) is 5.58. The number of fused-ring (bicyclic) bond motifs is 4. The minimum absolute atomic E-state index is 0.264. The van der Waals surface area contributed by atoms with E-state index in [1.54, 1.807) is 0 Å². The highest BCUT2D eigenvalue weighted by Crippen LogP contribution is 2.34. The molecule has 0 aliphatic carbocycles. The summed E-state index contributed by atoms with van der Waals surface area (Å²) in [6, 6.07) is 24.1. The van der Waals surface area contributed by atoms with Gasteiger partial charge in [-0.05, 0) is 60.3 Å². The SMILES string of the molecule is Cc1cc(C)cc(-c2nc(C(C)C)nc3c2ccc2cc4ccccc4cc23)c1. The first-order valence-electron chi connectivity index (χ1n) is 10.2. The monoisotopic (exact) mass is 376 g/mol. The Labute approximate surface area is 171 Å². The second-order valence-electron chi connectivity index (χ2n) is 8.34. The van der Waals surface area contributed by atoms with E-state index in [4.69, 9.17) is 9.97 Å². The molecule has 0 N–H and O–H groups in total. The summed E-state index contributed by atoms with van der Waals surface area (Å²) in [6.45, 7) is 8.61. The van der Waals surface area contributed by atoms with Crippen LogP contribution in [0, 0.1) is 13.8 Å². The maximum atomic E-state index is 5.03. The van der Waals surface area contributed by atoms with Gasteiger partial charge in [0.2, 0.25) is 0 Å². The third kappa shape index (κ3) is 3.05. The fraction of sp³-hybridized carbons (Fsp3) is 0.185. The molecule has 0 spiro atoms. The summed E-state index contributed by atoms with van der Waals surface area (Å²) in [5.41, 5.74) is 5.74. The molecule has 0 saturated carbocycles. The molecule has 0 bridgehead atoms. The summed E-state index contributed by atoms with van der Waals surface area (Å²) in [5, 5.41) is 6.02. The molecule has 0 unspecified atom stereocenters. The third-order valence-corrected chi connectivity index (χ3v) is 5.58. The second-order valence-corrected chi connectivity index (χ2v) is 8.34. The number of aryl methyl sites for hydroxylation is 2. The molecule has 0 atom stereocenters. The molecule has 142 valence electrons. The normalized spacial score (nSPS) is 11.8. The van der Waals surface area contributed by atoms with Crippen molar-refractivity contribution in [1.29, 1.82) is 0 Å². The predicted octanol–water partition coefficient (Wildman–Crippen LogP) is 7.34. The molecule has 2 heteroatoms. The summed E-state index contributed by atoms with van der Waals surface area (Å²) in [6.07, 6.45) is 0. The molecule has 0 radical (unpaired) electrons. The summed E-state index contributed by atoms with van der Waals surface area (Å²) < 4.78 is 0. The lowest BCUT2D eigenvalue weighted by molar-refractivity contribution is 0.785. The van der Waals surface area contributed by atoms with Crippen molar-refractivity contribution >= 4 is 32.4 Å². The van der Waals surface area contributed by atoms with E-state index >= 15 is 0 Å². The minimum Gasteiger partial charge on any atom is -0.232 e. The van der Waals surface area contributed by atoms with Gasteiger partial charge in [0.25, 0.3) is 0 Å². The fourth-order valence-electron chi connectivity index (χ4n) is 4.21. The van der Waals surface area contributed by atoms with Gasteiger partial charge in [0.15, 0.2) is 0 Å². The fourth-order valence-corrected chi connectivity index (χ4v) is 4.21. The first-order valence-corrected chi connectivity index (χ1v) is 10.2. The van der Waals surface area contributed by atoms with Crippen LogP contribution < -0.4 is 0 Å². The largest absolute Gasteiger partial charge is 0.232 e. The van der Waals surface area contributed by atoms with Gasteiger partial charge in [0.1, 0.15) is 5.82 Å². The zero-order valence-corrected chi connectivity index (χ0v) is 17.3. The molecule has 0 saturated heterocycles. The van der Waals surface area contributed by atoms with Crippen molar-refractivity contribution in [2.45, 2.75) is 33.6 Å². The maximum Gasteiger partial charge on any atom is 0.132 e. The average molecular weight is 377 g/mol. The molecule has 0 aliphatic rings. The molecular weight excluding hydrogens is 352 g/mol. The van der Waals surface area contributed by atoms with Crippen LogP contribution in [0.1, 0.15) is 36.7 Å². The summed E-state index contributed by atoms with van der Waals surface area (Å²) >= 11 is 0. The number of rotatable bonds is 2. The minimum atomic E-state index is 0.264. The zero-order valence-electron chi connectivity index (χ0n) is 17.3. The van der Waals surface area contributed by atoms with E-state index in [2.05, 4.69) is 94.4 Å². The number of benzene rings is 4. The Morgan fingerprint density at radius 1 is 0.655 bits per heavy atom. The molecular formula is C27H24N2. The van der Waals surface area contributed by atoms with Gasteiger partial charge in [0, 0.05) is 22.3 Å². The van der Waals surface area contributed by atoms with Gasteiger partial charge in [-0.1, -0.05) is 61.4 Å².